The lowest BCUT2D eigenvalue weighted by molar-refractivity contribution is 1.22. The Kier molecular flexibility index (Phi) is 3.43. The van der Waals surface area contributed by atoms with Crippen LogP contribution in [-0.4, -0.2) is 6.71 Å². The second-order valence-corrected chi connectivity index (χ2v) is 7.82. The topological polar surface area (TPSA) is 0 Å². The normalized spacial score (nSPS) is 12.8. The highest BCUT2D eigenvalue weighted by Gasteiger charge is 2.31. The number of hydrogen-bond acceptors (Lipinski definition) is 0. The second-order valence-electron chi connectivity index (χ2n) is 7.82. The molecule has 130 valence electrons. The smallest absolute Gasteiger partial charge is 0.0686 e. The van der Waals surface area contributed by atoms with Gasteiger partial charge in [0.15, 0.2) is 0 Å². The van der Waals surface area contributed by atoms with Gasteiger partial charge in [0.05, 0.1) is 0 Å². The Balaban J connectivity index is 1.67. The molecule has 0 nitrogen and oxygen atoms in total. The van der Waals surface area contributed by atoms with E-state index < -0.39 is 0 Å². The fraction of sp³-hybridized carbons (Fsp3) is 0.0370. The molecule has 0 N–H and O–H groups in total. The third kappa shape index (κ3) is 2.40. The largest absolute Gasteiger partial charge is 0.241 e. The molecule has 1 aliphatic rings. The van der Waals surface area contributed by atoms with E-state index in [1.165, 1.54) is 49.1 Å². The lowest BCUT2D eigenvalue weighted by Gasteiger charge is -2.28. The third-order valence-electron chi connectivity index (χ3n) is 6.15. The number of fused-ring (bicyclic) bond motifs is 4. The Bertz CT molecular complexity index is 1250. The Morgan fingerprint density at radius 1 is 0.464 bits per heavy atom. The standard InChI is InChI=1S/C27H19B/c1-2-12-25(13-3-1)28-26-17-21-10-6-4-8-19(21)14-23(26)16-24-15-20-9-5-7-11-22(20)18-27(24)28/h1-15,17-18H,16H2. The first-order valence-electron chi connectivity index (χ1n) is 9.95. The molecule has 0 spiro atoms. The van der Waals surface area contributed by atoms with Gasteiger partial charge in [0.2, 0.25) is 6.71 Å². The van der Waals surface area contributed by atoms with E-state index in [0.29, 0.717) is 0 Å². The molecule has 1 heteroatoms. The average molecular weight is 354 g/mol. The van der Waals surface area contributed by atoms with Crippen LogP contribution in [0.3, 0.4) is 0 Å². The molecule has 0 bridgehead atoms. The van der Waals surface area contributed by atoms with Crippen LogP contribution in [0.4, 0.5) is 0 Å². The van der Waals surface area contributed by atoms with Gasteiger partial charge in [0.25, 0.3) is 0 Å². The highest BCUT2D eigenvalue weighted by molar-refractivity contribution is 6.96. The molecule has 0 aromatic heterocycles. The Morgan fingerprint density at radius 2 is 0.893 bits per heavy atom. The summed E-state index contributed by atoms with van der Waals surface area (Å²) in [5.74, 6) is 0. The van der Waals surface area contributed by atoms with E-state index in [0.717, 1.165) is 6.42 Å². The molecule has 0 atom stereocenters. The lowest BCUT2D eigenvalue weighted by atomic mass is 9.33. The minimum atomic E-state index is 0.286. The van der Waals surface area contributed by atoms with Crippen LogP contribution >= 0.6 is 0 Å². The molecule has 0 radical (unpaired) electrons. The zero-order chi connectivity index (χ0) is 18.5. The van der Waals surface area contributed by atoms with E-state index in [-0.39, 0.29) is 6.71 Å². The van der Waals surface area contributed by atoms with E-state index >= 15 is 0 Å². The molecule has 6 rings (SSSR count). The van der Waals surface area contributed by atoms with Gasteiger partial charge in [-0.2, -0.15) is 0 Å². The van der Waals surface area contributed by atoms with Crippen molar-refractivity contribution in [3.8, 4) is 0 Å². The fourth-order valence-corrected chi connectivity index (χ4v) is 4.83. The van der Waals surface area contributed by atoms with E-state index in [4.69, 9.17) is 0 Å². The Morgan fingerprint density at radius 3 is 1.39 bits per heavy atom. The summed E-state index contributed by atoms with van der Waals surface area (Å²) in [7, 11) is 0. The molecule has 28 heavy (non-hydrogen) atoms. The molecule has 0 aliphatic carbocycles. The first-order valence-corrected chi connectivity index (χ1v) is 9.95. The highest BCUT2D eigenvalue weighted by Crippen LogP contribution is 2.23. The summed E-state index contributed by atoms with van der Waals surface area (Å²) < 4.78 is 0. The molecular formula is C27H19B. The summed E-state index contributed by atoms with van der Waals surface area (Å²) in [4.78, 5) is 0. The second kappa shape index (κ2) is 6.10. The van der Waals surface area contributed by atoms with Crippen molar-refractivity contribution in [3.05, 3.63) is 114 Å². The summed E-state index contributed by atoms with van der Waals surface area (Å²) in [6.07, 6.45) is 1.00. The molecular weight excluding hydrogens is 335 g/mol. The molecule has 5 aromatic carbocycles. The van der Waals surface area contributed by atoms with Gasteiger partial charge in [-0.05, 0) is 39.1 Å². The molecule has 1 heterocycles. The number of hydrogen-bond donors (Lipinski definition) is 0. The van der Waals surface area contributed by atoms with Gasteiger partial charge >= 0.3 is 0 Å². The molecule has 0 amide bonds. The van der Waals surface area contributed by atoms with Crippen LogP contribution < -0.4 is 16.4 Å². The van der Waals surface area contributed by atoms with Crippen molar-refractivity contribution in [2.75, 3.05) is 0 Å². The van der Waals surface area contributed by atoms with E-state index in [9.17, 15) is 0 Å². The minimum absolute atomic E-state index is 0.286. The predicted octanol–water partition coefficient (Wildman–Crippen LogP) is 4.41. The minimum Gasteiger partial charge on any atom is -0.0686 e. The van der Waals surface area contributed by atoms with Gasteiger partial charge in [0.1, 0.15) is 0 Å². The van der Waals surface area contributed by atoms with E-state index in [1.54, 1.807) is 0 Å². The highest BCUT2D eigenvalue weighted by atomic mass is 14.2. The number of rotatable bonds is 1. The molecule has 1 aliphatic heterocycles. The summed E-state index contributed by atoms with van der Waals surface area (Å²) >= 11 is 0. The van der Waals surface area contributed by atoms with Crippen molar-refractivity contribution in [1.29, 1.82) is 0 Å². The summed E-state index contributed by atoms with van der Waals surface area (Å²) in [5.41, 5.74) is 7.18. The molecule has 5 aromatic rings. The van der Waals surface area contributed by atoms with Gasteiger partial charge in [-0.3, -0.25) is 0 Å². The van der Waals surface area contributed by atoms with Gasteiger partial charge in [0, 0.05) is 0 Å². The van der Waals surface area contributed by atoms with Crippen molar-refractivity contribution in [2.24, 2.45) is 0 Å². The van der Waals surface area contributed by atoms with Crippen LogP contribution in [0.5, 0.6) is 0 Å². The Hall–Kier alpha value is -3.32. The van der Waals surface area contributed by atoms with Crippen molar-refractivity contribution in [3.63, 3.8) is 0 Å². The van der Waals surface area contributed by atoms with Crippen molar-refractivity contribution in [2.45, 2.75) is 6.42 Å². The zero-order valence-corrected chi connectivity index (χ0v) is 15.6. The molecule has 0 fully saturated rings. The van der Waals surface area contributed by atoms with Crippen LogP contribution in [0.25, 0.3) is 21.5 Å². The van der Waals surface area contributed by atoms with Crippen molar-refractivity contribution >= 4 is 44.6 Å². The van der Waals surface area contributed by atoms with Crippen LogP contribution in [0.1, 0.15) is 11.1 Å². The number of benzene rings is 5. The predicted molar refractivity (Wildman–Crippen MR) is 122 cm³/mol. The summed E-state index contributed by atoms with van der Waals surface area (Å²) in [6, 6.07) is 38.0. The monoisotopic (exact) mass is 354 g/mol. The lowest BCUT2D eigenvalue weighted by Crippen LogP contribution is -2.56. The quantitative estimate of drug-likeness (QED) is 0.384. The first-order chi connectivity index (χ1) is 13.9. The van der Waals surface area contributed by atoms with Crippen LogP contribution in [-0.2, 0) is 6.42 Å². The van der Waals surface area contributed by atoms with E-state index in [1.807, 2.05) is 0 Å². The van der Waals surface area contributed by atoms with Crippen LogP contribution in [0, 0.1) is 0 Å². The fourth-order valence-electron chi connectivity index (χ4n) is 4.83. The Labute approximate surface area is 165 Å². The molecule has 0 saturated carbocycles. The van der Waals surface area contributed by atoms with Crippen molar-refractivity contribution < 1.29 is 0 Å². The maximum Gasteiger partial charge on any atom is 0.241 e. The first kappa shape index (κ1) is 15.7. The average Bonchev–Trinajstić information content (AvgIpc) is 2.75. The van der Waals surface area contributed by atoms with Crippen LogP contribution in [0.15, 0.2) is 103 Å². The maximum atomic E-state index is 2.42. The maximum absolute atomic E-state index is 2.42. The SMILES string of the molecule is c1ccc(B2c3cc4ccccc4cc3Cc3cc4ccccc4cc32)cc1. The van der Waals surface area contributed by atoms with Crippen LogP contribution in [0.2, 0.25) is 0 Å². The van der Waals surface area contributed by atoms with E-state index in [2.05, 4.69) is 103 Å². The molecule has 0 saturated heterocycles. The summed E-state index contributed by atoms with van der Waals surface area (Å²) in [5, 5.41) is 5.31. The zero-order valence-electron chi connectivity index (χ0n) is 15.6. The van der Waals surface area contributed by atoms with Gasteiger partial charge in [-0.1, -0.05) is 120 Å². The van der Waals surface area contributed by atoms with Gasteiger partial charge < -0.3 is 0 Å². The summed E-state index contributed by atoms with van der Waals surface area (Å²) in [6.45, 7) is 0.286. The van der Waals surface area contributed by atoms with Gasteiger partial charge in [-0.15, -0.1) is 0 Å². The van der Waals surface area contributed by atoms with Crippen molar-refractivity contribution in [1.82, 2.24) is 0 Å². The van der Waals surface area contributed by atoms with Gasteiger partial charge in [-0.25, -0.2) is 0 Å². The third-order valence-corrected chi connectivity index (χ3v) is 6.15. The molecule has 0 unspecified atom stereocenters.